The van der Waals surface area contributed by atoms with Crippen LogP contribution in [-0.4, -0.2) is 42.5 Å². The normalized spacial score (nSPS) is 28.0. The predicted octanol–water partition coefficient (Wildman–Crippen LogP) is 2.25. The molecule has 2 saturated heterocycles. The number of Topliss-reactive ketones (excluding diaryl/α,β-unsaturated/α-hetero) is 1. The SMILES string of the molecule is CC(C)(C(=O)C1CCOC1)N1CCCCCC1. The number of carbonyl (C=O) groups excluding carboxylic acids is 1. The van der Waals surface area contributed by atoms with Crippen LogP contribution in [0.1, 0.15) is 46.0 Å². The third-order valence-electron chi connectivity index (χ3n) is 4.30. The lowest BCUT2D eigenvalue weighted by Crippen LogP contribution is -2.52. The second-order valence-corrected chi connectivity index (χ2v) is 5.89. The highest BCUT2D eigenvalue weighted by atomic mass is 16.5. The quantitative estimate of drug-likeness (QED) is 0.756. The molecule has 98 valence electrons. The highest BCUT2D eigenvalue weighted by molar-refractivity contribution is 5.90. The lowest BCUT2D eigenvalue weighted by Gasteiger charge is -2.38. The molecule has 3 nitrogen and oxygen atoms in total. The van der Waals surface area contributed by atoms with Gasteiger partial charge < -0.3 is 4.74 Å². The van der Waals surface area contributed by atoms with Crippen LogP contribution in [-0.2, 0) is 9.53 Å². The van der Waals surface area contributed by atoms with Crippen LogP contribution in [0.25, 0.3) is 0 Å². The molecular formula is C14H25NO2. The van der Waals surface area contributed by atoms with Crippen molar-refractivity contribution in [1.29, 1.82) is 0 Å². The molecule has 2 aliphatic heterocycles. The summed E-state index contributed by atoms with van der Waals surface area (Å²) in [4.78, 5) is 14.9. The van der Waals surface area contributed by atoms with Crippen molar-refractivity contribution in [1.82, 2.24) is 4.90 Å². The number of rotatable bonds is 3. The number of likely N-dealkylation sites (tertiary alicyclic amines) is 1. The Hall–Kier alpha value is -0.410. The Balaban J connectivity index is 2.01. The molecule has 3 heteroatoms. The number of ketones is 1. The molecule has 0 aromatic rings. The molecule has 17 heavy (non-hydrogen) atoms. The molecular weight excluding hydrogens is 214 g/mol. The summed E-state index contributed by atoms with van der Waals surface area (Å²) in [5, 5.41) is 0. The van der Waals surface area contributed by atoms with E-state index >= 15 is 0 Å². The minimum Gasteiger partial charge on any atom is -0.381 e. The fourth-order valence-electron chi connectivity index (χ4n) is 3.03. The zero-order chi connectivity index (χ0) is 12.3. The van der Waals surface area contributed by atoms with Crippen LogP contribution in [0.3, 0.4) is 0 Å². The fraction of sp³-hybridized carbons (Fsp3) is 0.929. The molecule has 0 bridgehead atoms. The van der Waals surface area contributed by atoms with Crippen molar-refractivity contribution >= 4 is 5.78 Å². The molecule has 0 aliphatic carbocycles. The summed E-state index contributed by atoms with van der Waals surface area (Å²) < 4.78 is 5.35. The van der Waals surface area contributed by atoms with E-state index in [1.54, 1.807) is 0 Å². The van der Waals surface area contributed by atoms with Gasteiger partial charge in [0, 0.05) is 12.5 Å². The van der Waals surface area contributed by atoms with E-state index in [-0.39, 0.29) is 11.5 Å². The van der Waals surface area contributed by atoms with E-state index in [0.717, 1.165) is 26.1 Å². The van der Waals surface area contributed by atoms with Crippen molar-refractivity contribution in [2.45, 2.75) is 51.5 Å². The van der Waals surface area contributed by atoms with Crippen molar-refractivity contribution in [3.63, 3.8) is 0 Å². The van der Waals surface area contributed by atoms with Crippen molar-refractivity contribution < 1.29 is 9.53 Å². The highest BCUT2D eigenvalue weighted by Crippen LogP contribution is 2.27. The van der Waals surface area contributed by atoms with Crippen molar-refractivity contribution in [3.05, 3.63) is 0 Å². The molecule has 0 aromatic carbocycles. The Morgan fingerprint density at radius 3 is 2.35 bits per heavy atom. The molecule has 0 aromatic heterocycles. The van der Waals surface area contributed by atoms with E-state index in [2.05, 4.69) is 18.7 Å². The molecule has 2 heterocycles. The lowest BCUT2D eigenvalue weighted by atomic mass is 9.86. The summed E-state index contributed by atoms with van der Waals surface area (Å²) in [6, 6.07) is 0. The monoisotopic (exact) mass is 239 g/mol. The smallest absolute Gasteiger partial charge is 0.157 e. The van der Waals surface area contributed by atoms with Crippen LogP contribution in [0, 0.1) is 5.92 Å². The molecule has 2 aliphatic rings. The average molecular weight is 239 g/mol. The number of ether oxygens (including phenoxy) is 1. The summed E-state index contributed by atoms with van der Waals surface area (Å²) in [5.41, 5.74) is -0.303. The summed E-state index contributed by atoms with van der Waals surface area (Å²) in [7, 11) is 0. The molecule has 0 spiro atoms. The van der Waals surface area contributed by atoms with Gasteiger partial charge >= 0.3 is 0 Å². The van der Waals surface area contributed by atoms with Crippen molar-refractivity contribution in [2.24, 2.45) is 5.92 Å². The topological polar surface area (TPSA) is 29.5 Å². The number of hydrogen-bond acceptors (Lipinski definition) is 3. The van der Waals surface area contributed by atoms with Gasteiger partial charge in [-0.25, -0.2) is 0 Å². The number of hydrogen-bond donors (Lipinski definition) is 0. The minimum absolute atomic E-state index is 0.133. The van der Waals surface area contributed by atoms with E-state index in [1.807, 2.05) is 0 Å². The van der Waals surface area contributed by atoms with Gasteiger partial charge in [0.25, 0.3) is 0 Å². The summed E-state index contributed by atoms with van der Waals surface area (Å²) in [5.74, 6) is 0.519. The zero-order valence-corrected chi connectivity index (χ0v) is 11.2. The zero-order valence-electron chi connectivity index (χ0n) is 11.2. The van der Waals surface area contributed by atoms with Gasteiger partial charge in [-0.05, 0) is 46.2 Å². The molecule has 2 fully saturated rings. The van der Waals surface area contributed by atoms with Gasteiger partial charge in [-0.15, -0.1) is 0 Å². The summed E-state index contributed by atoms with van der Waals surface area (Å²) in [6.07, 6.45) is 6.01. The van der Waals surface area contributed by atoms with Crippen LogP contribution in [0.2, 0.25) is 0 Å². The third kappa shape index (κ3) is 2.89. The molecule has 1 atom stereocenters. The first kappa shape index (κ1) is 13.0. The molecule has 2 rings (SSSR count). The highest BCUT2D eigenvalue weighted by Gasteiger charge is 2.39. The predicted molar refractivity (Wildman–Crippen MR) is 68.1 cm³/mol. The first-order valence-electron chi connectivity index (χ1n) is 6.99. The Kier molecular flexibility index (Phi) is 4.21. The maximum absolute atomic E-state index is 12.6. The lowest BCUT2D eigenvalue weighted by molar-refractivity contribution is -0.133. The summed E-state index contributed by atoms with van der Waals surface area (Å²) in [6.45, 7) is 7.74. The maximum Gasteiger partial charge on any atom is 0.157 e. The van der Waals surface area contributed by atoms with Crippen LogP contribution in [0.15, 0.2) is 0 Å². The van der Waals surface area contributed by atoms with Gasteiger partial charge in [0.1, 0.15) is 0 Å². The molecule has 1 unspecified atom stereocenters. The molecule has 0 saturated carbocycles. The van der Waals surface area contributed by atoms with E-state index < -0.39 is 0 Å². The third-order valence-corrected chi connectivity index (χ3v) is 4.30. The van der Waals surface area contributed by atoms with Crippen molar-refractivity contribution in [3.8, 4) is 0 Å². The van der Waals surface area contributed by atoms with Crippen LogP contribution in [0.5, 0.6) is 0 Å². The number of nitrogens with zero attached hydrogens (tertiary/aromatic N) is 1. The van der Waals surface area contributed by atoms with Gasteiger partial charge in [-0.3, -0.25) is 9.69 Å². The van der Waals surface area contributed by atoms with Gasteiger partial charge in [0.05, 0.1) is 12.1 Å². The first-order chi connectivity index (χ1) is 8.12. The Morgan fingerprint density at radius 1 is 1.18 bits per heavy atom. The Labute approximate surface area is 105 Å². The average Bonchev–Trinajstić information content (AvgIpc) is 2.69. The largest absolute Gasteiger partial charge is 0.381 e. The molecule has 0 amide bonds. The minimum atomic E-state index is -0.303. The van der Waals surface area contributed by atoms with Crippen LogP contribution in [0.4, 0.5) is 0 Å². The standard InChI is InChI=1S/C14H25NO2/c1-14(2,13(16)12-7-10-17-11-12)15-8-5-3-4-6-9-15/h12H,3-11H2,1-2H3. The second kappa shape index (κ2) is 5.49. The van der Waals surface area contributed by atoms with Gasteiger partial charge in [0.2, 0.25) is 0 Å². The Morgan fingerprint density at radius 2 is 1.82 bits per heavy atom. The van der Waals surface area contributed by atoms with Gasteiger partial charge in [-0.1, -0.05) is 12.8 Å². The van der Waals surface area contributed by atoms with Gasteiger partial charge in [-0.2, -0.15) is 0 Å². The molecule has 0 N–H and O–H groups in total. The van der Waals surface area contributed by atoms with Crippen LogP contribution < -0.4 is 0 Å². The van der Waals surface area contributed by atoms with E-state index in [4.69, 9.17) is 4.74 Å². The van der Waals surface area contributed by atoms with E-state index in [1.165, 1.54) is 25.7 Å². The van der Waals surface area contributed by atoms with Crippen molar-refractivity contribution in [2.75, 3.05) is 26.3 Å². The Bertz CT molecular complexity index is 261. The molecule has 0 radical (unpaired) electrons. The van der Waals surface area contributed by atoms with E-state index in [9.17, 15) is 4.79 Å². The fourth-order valence-corrected chi connectivity index (χ4v) is 3.03. The van der Waals surface area contributed by atoms with Crippen LogP contribution >= 0.6 is 0 Å². The van der Waals surface area contributed by atoms with Gasteiger partial charge in [0.15, 0.2) is 5.78 Å². The maximum atomic E-state index is 12.6. The first-order valence-corrected chi connectivity index (χ1v) is 6.99. The van der Waals surface area contributed by atoms with E-state index in [0.29, 0.717) is 12.4 Å². The number of carbonyl (C=O) groups is 1. The second-order valence-electron chi connectivity index (χ2n) is 5.89. The summed E-state index contributed by atoms with van der Waals surface area (Å²) >= 11 is 0.